The molecule has 2 aromatic carbocycles. The summed E-state index contributed by atoms with van der Waals surface area (Å²) in [6.45, 7) is 2.68. The number of halogens is 1. The first-order chi connectivity index (χ1) is 9.22. The van der Waals surface area contributed by atoms with Crippen molar-refractivity contribution in [3.8, 4) is 5.75 Å². The summed E-state index contributed by atoms with van der Waals surface area (Å²) in [7, 11) is 0. The zero-order chi connectivity index (χ0) is 13.7. The monoisotopic (exact) mass is 275 g/mol. The summed E-state index contributed by atoms with van der Waals surface area (Å²) < 4.78 is 0. The molecule has 0 aliphatic rings. The molecular formula is C16H18ClNO. The molecule has 19 heavy (non-hydrogen) atoms. The number of anilines is 1. The minimum Gasteiger partial charge on any atom is -0.508 e. The average Bonchev–Trinajstić information content (AvgIpc) is 2.40. The molecule has 0 radical (unpaired) electrons. The average molecular weight is 276 g/mol. The predicted molar refractivity (Wildman–Crippen MR) is 80.9 cm³/mol. The van der Waals surface area contributed by atoms with E-state index >= 15 is 0 Å². The lowest BCUT2D eigenvalue weighted by Crippen LogP contribution is -2.03. The van der Waals surface area contributed by atoms with Gasteiger partial charge in [0.1, 0.15) is 5.75 Å². The molecule has 0 amide bonds. The largest absolute Gasteiger partial charge is 0.508 e. The van der Waals surface area contributed by atoms with Crippen LogP contribution in [0.1, 0.15) is 24.5 Å². The van der Waals surface area contributed by atoms with E-state index in [1.807, 2.05) is 12.1 Å². The fraction of sp³-hybridized carbons (Fsp3) is 0.250. The molecule has 0 atom stereocenters. The number of phenolic OH excluding ortho intramolecular Hbond substituents is 1. The van der Waals surface area contributed by atoms with Gasteiger partial charge < -0.3 is 10.4 Å². The molecule has 0 spiro atoms. The van der Waals surface area contributed by atoms with Crippen molar-refractivity contribution < 1.29 is 5.11 Å². The second-order valence-corrected chi connectivity index (χ2v) is 4.91. The van der Waals surface area contributed by atoms with Crippen LogP contribution in [0, 0.1) is 0 Å². The Labute approximate surface area is 119 Å². The van der Waals surface area contributed by atoms with Crippen LogP contribution in [0.25, 0.3) is 0 Å². The Bertz CT molecular complexity index is 534. The predicted octanol–water partition coefficient (Wildman–Crippen LogP) is 4.61. The second-order valence-electron chi connectivity index (χ2n) is 4.50. The number of hydrogen-bond acceptors (Lipinski definition) is 2. The van der Waals surface area contributed by atoms with E-state index in [1.54, 1.807) is 18.2 Å². The Hall–Kier alpha value is -1.67. The molecule has 2 aromatic rings. The summed E-state index contributed by atoms with van der Waals surface area (Å²) >= 11 is 6.10. The SMILES string of the molecule is CCCc1ccccc1NCc1c(O)cccc1Cl. The molecular weight excluding hydrogens is 258 g/mol. The van der Waals surface area contributed by atoms with Crippen LogP contribution in [0.2, 0.25) is 5.02 Å². The van der Waals surface area contributed by atoms with Crippen LogP contribution in [0.5, 0.6) is 5.75 Å². The highest BCUT2D eigenvalue weighted by Gasteiger charge is 2.07. The lowest BCUT2D eigenvalue weighted by Gasteiger charge is -2.13. The van der Waals surface area contributed by atoms with Gasteiger partial charge in [-0.25, -0.2) is 0 Å². The van der Waals surface area contributed by atoms with Crippen molar-refractivity contribution in [1.82, 2.24) is 0 Å². The summed E-state index contributed by atoms with van der Waals surface area (Å²) in [5.74, 6) is 0.230. The van der Waals surface area contributed by atoms with E-state index < -0.39 is 0 Å². The smallest absolute Gasteiger partial charge is 0.122 e. The minimum atomic E-state index is 0.230. The molecule has 0 fully saturated rings. The van der Waals surface area contributed by atoms with Crippen molar-refractivity contribution in [3.63, 3.8) is 0 Å². The Morgan fingerprint density at radius 1 is 1.11 bits per heavy atom. The van der Waals surface area contributed by atoms with E-state index in [0.717, 1.165) is 24.1 Å². The summed E-state index contributed by atoms with van der Waals surface area (Å²) in [6.07, 6.45) is 2.15. The van der Waals surface area contributed by atoms with Gasteiger partial charge in [0.2, 0.25) is 0 Å². The maximum atomic E-state index is 9.82. The highest BCUT2D eigenvalue weighted by Crippen LogP contribution is 2.27. The van der Waals surface area contributed by atoms with Gasteiger partial charge in [-0.3, -0.25) is 0 Å². The molecule has 0 unspecified atom stereocenters. The zero-order valence-electron chi connectivity index (χ0n) is 11.0. The zero-order valence-corrected chi connectivity index (χ0v) is 11.7. The van der Waals surface area contributed by atoms with E-state index in [1.165, 1.54) is 5.56 Å². The van der Waals surface area contributed by atoms with Crippen LogP contribution < -0.4 is 5.32 Å². The summed E-state index contributed by atoms with van der Waals surface area (Å²) in [5.41, 5.74) is 3.12. The van der Waals surface area contributed by atoms with E-state index in [2.05, 4.69) is 24.4 Å². The van der Waals surface area contributed by atoms with E-state index in [4.69, 9.17) is 11.6 Å². The molecule has 2 rings (SSSR count). The van der Waals surface area contributed by atoms with Crippen molar-refractivity contribution in [2.24, 2.45) is 0 Å². The van der Waals surface area contributed by atoms with Gasteiger partial charge in [-0.15, -0.1) is 0 Å². The Kier molecular flexibility index (Phi) is 4.69. The van der Waals surface area contributed by atoms with E-state index in [-0.39, 0.29) is 5.75 Å². The number of aromatic hydroxyl groups is 1. The third-order valence-electron chi connectivity index (χ3n) is 3.09. The number of hydrogen-bond donors (Lipinski definition) is 2. The molecule has 2 N–H and O–H groups in total. The van der Waals surface area contributed by atoms with Gasteiger partial charge in [-0.2, -0.15) is 0 Å². The van der Waals surface area contributed by atoms with Gasteiger partial charge in [-0.1, -0.05) is 49.2 Å². The van der Waals surface area contributed by atoms with Crippen LogP contribution in [-0.2, 0) is 13.0 Å². The third-order valence-corrected chi connectivity index (χ3v) is 3.44. The number of rotatable bonds is 5. The highest BCUT2D eigenvalue weighted by atomic mass is 35.5. The summed E-state index contributed by atoms with van der Waals surface area (Å²) in [4.78, 5) is 0. The minimum absolute atomic E-state index is 0.230. The topological polar surface area (TPSA) is 32.3 Å². The van der Waals surface area contributed by atoms with E-state index in [0.29, 0.717) is 11.6 Å². The molecule has 100 valence electrons. The van der Waals surface area contributed by atoms with Crippen molar-refractivity contribution in [1.29, 1.82) is 0 Å². The molecule has 0 aliphatic carbocycles. The van der Waals surface area contributed by atoms with Crippen LogP contribution in [0.15, 0.2) is 42.5 Å². The van der Waals surface area contributed by atoms with Gasteiger partial charge in [0.05, 0.1) is 0 Å². The fourth-order valence-corrected chi connectivity index (χ4v) is 2.32. The van der Waals surface area contributed by atoms with Crippen molar-refractivity contribution in [2.45, 2.75) is 26.3 Å². The Morgan fingerprint density at radius 3 is 2.63 bits per heavy atom. The van der Waals surface area contributed by atoms with Gasteiger partial charge in [0.15, 0.2) is 0 Å². The number of aryl methyl sites for hydroxylation is 1. The molecule has 0 saturated heterocycles. The van der Waals surface area contributed by atoms with Gasteiger partial charge in [-0.05, 0) is 30.2 Å². The maximum Gasteiger partial charge on any atom is 0.122 e. The van der Waals surface area contributed by atoms with Crippen molar-refractivity contribution in [3.05, 3.63) is 58.6 Å². The number of para-hydroxylation sites is 1. The number of benzene rings is 2. The lowest BCUT2D eigenvalue weighted by molar-refractivity contribution is 0.469. The Balaban J connectivity index is 2.15. The fourth-order valence-electron chi connectivity index (χ4n) is 2.09. The molecule has 2 nitrogen and oxygen atoms in total. The van der Waals surface area contributed by atoms with Gasteiger partial charge in [0, 0.05) is 22.8 Å². The third kappa shape index (κ3) is 3.42. The van der Waals surface area contributed by atoms with E-state index in [9.17, 15) is 5.11 Å². The quantitative estimate of drug-likeness (QED) is 0.835. The first-order valence-corrected chi connectivity index (χ1v) is 6.88. The summed E-state index contributed by atoms with van der Waals surface area (Å²) in [5, 5.41) is 13.8. The molecule has 0 aliphatic heterocycles. The van der Waals surface area contributed by atoms with Crippen LogP contribution in [0.4, 0.5) is 5.69 Å². The van der Waals surface area contributed by atoms with Crippen LogP contribution in [0.3, 0.4) is 0 Å². The molecule has 0 bridgehead atoms. The van der Waals surface area contributed by atoms with Crippen LogP contribution in [-0.4, -0.2) is 5.11 Å². The maximum absolute atomic E-state index is 9.82. The normalized spacial score (nSPS) is 10.4. The van der Waals surface area contributed by atoms with Gasteiger partial charge in [0.25, 0.3) is 0 Å². The van der Waals surface area contributed by atoms with Crippen molar-refractivity contribution in [2.75, 3.05) is 5.32 Å². The standard InChI is InChI=1S/C16H18ClNO/c1-2-6-12-7-3-4-9-15(12)18-11-13-14(17)8-5-10-16(13)19/h3-5,7-10,18-19H,2,6,11H2,1H3. The summed E-state index contributed by atoms with van der Waals surface area (Å²) in [6, 6.07) is 13.4. The molecule has 0 heterocycles. The molecule has 0 aromatic heterocycles. The molecule has 3 heteroatoms. The van der Waals surface area contributed by atoms with Crippen molar-refractivity contribution >= 4 is 17.3 Å². The number of phenols is 1. The van der Waals surface area contributed by atoms with Gasteiger partial charge >= 0.3 is 0 Å². The second kappa shape index (κ2) is 6.48. The number of nitrogens with one attached hydrogen (secondary N) is 1. The lowest BCUT2D eigenvalue weighted by atomic mass is 10.1. The molecule has 0 saturated carbocycles. The Morgan fingerprint density at radius 2 is 1.89 bits per heavy atom. The highest BCUT2D eigenvalue weighted by molar-refractivity contribution is 6.31. The first kappa shape index (κ1) is 13.8. The van der Waals surface area contributed by atoms with Crippen LogP contribution >= 0.6 is 11.6 Å². The first-order valence-electron chi connectivity index (χ1n) is 6.50.